The van der Waals surface area contributed by atoms with Crippen LogP contribution in [0.3, 0.4) is 0 Å². The summed E-state index contributed by atoms with van der Waals surface area (Å²) >= 11 is 0. The fourth-order valence-corrected chi connectivity index (χ4v) is 3.19. The van der Waals surface area contributed by atoms with Crippen LogP contribution in [0, 0.1) is 6.92 Å². The van der Waals surface area contributed by atoms with E-state index >= 15 is 0 Å². The first-order valence-electron chi connectivity index (χ1n) is 9.00. The Hall–Kier alpha value is -2.63. The molecule has 1 saturated heterocycles. The van der Waals surface area contributed by atoms with Crippen LogP contribution in [0.1, 0.15) is 30.4 Å². The third-order valence-corrected chi connectivity index (χ3v) is 4.53. The number of piperidine rings is 1. The van der Waals surface area contributed by atoms with Crippen LogP contribution in [0.25, 0.3) is 0 Å². The first kappa shape index (κ1) is 18.2. The number of nitrogens with zero attached hydrogens (tertiary/aromatic N) is 3. The van der Waals surface area contributed by atoms with Crippen molar-refractivity contribution in [3.05, 3.63) is 47.8 Å². The van der Waals surface area contributed by atoms with Crippen LogP contribution in [0.2, 0.25) is 0 Å². The lowest BCUT2D eigenvalue weighted by Crippen LogP contribution is -2.44. The molecule has 26 heavy (non-hydrogen) atoms. The van der Waals surface area contributed by atoms with Gasteiger partial charge in [0, 0.05) is 13.0 Å². The van der Waals surface area contributed by atoms with Gasteiger partial charge in [0.15, 0.2) is 0 Å². The van der Waals surface area contributed by atoms with Crippen LogP contribution in [0.4, 0.5) is 0 Å². The molecule has 6 nitrogen and oxygen atoms in total. The van der Waals surface area contributed by atoms with Crippen LogP contribution in [0.15, 0.2) is 36.7 Å². The van der Waals surface area contributed by atoms with Gasteiger partial charge in [0.2, 0.25) is 17.7 Å². The molecule has 0 N–H and O–H groups in total. The molecule has 0 bridgehead atoms. The van der Waals surface area contributed by atoms with Crippen molar-refractivity contribution in [3.8, 4) is 11.8 Å². The zero-order valence-corrected chi connectivity index (χ0v) is 15.4. The normalized spacial score (nSPS) is 17.0. The molecule has 0 radical (unpaired) electrons. The molecule has 1 aromatic carbocycles. The fraction of sp³-hybridized carbons (Fsp3) is 0.450. The highest BCUT2D eigenvalue weighted by Gasteiger charge is 2.25. The van der Waals surface area contributed by atoms with Crippen molar-refractivity contribution in [2.45, 2.75) is 38.7 Å². The zero-order chi connectivity index (χ0) is 18.4. The molecule has 1 unspecified atom stereocenters. The minimum atomic E-state index is -0.0620. The monoisotopic (exact) mass is 355 g/mol. The molecule has 1 aliphatic heterocycles. The lowest BCUT2D eigenvalue weighted by molar-refractivity contribution is -0.133. The van der Waals surface area contributed by atoms with Gasteiger partial charge < -0.3 is 14.4 Å². The molecule has 0 saturated carbocycles. The van der Waals surface area contributed by atoms with E-state index in [2.05, 4.69) is 35.1 Å². The van der Waals surface area contributed by atoms with Gasteiger partial charge in [0.05, 0.1) is 26.0 Å². The maximum atomic E-state index is 12.6. The highest BCUT2D eigenvalue weighted by molar-refractivity contribution is 5.76. The molecular weight excluding hydrogens is 330 g/mol. The molecule has 0 spiro atoms. The van der Waals surface area contributed by atoms with E-state index in [0.717, 1.165) is 25.8 Å². The molecule has 0 aliphatic carbocycles. The third-order valence-electron chi connectivity index (χ3n) is 4.53. The predicted molar refractivity (Wildman–Crippen MR) is 98.3 cm³/mol. The van der Waals surface area contributed by atoms with E-state index in [-0.39, 0.29) is 12.0 Å². The van der Waals surface area contributed by atoms with Gasteiger partial charge in [-0.2, -0.15) is 4.98 Å². The number of ether oxygens (including phenoxy) is 2. The van der Waals surface area contributed by atoms with E-state index in [9.17, 15) is 4.79 Å². The number of carbonyl (C=O) groups excluding carboxylic acids is 1. The molecule has 2 heterocycles. The summed E-state index contributed by atoms with van der Waals surface area (Å²) in [6, 6.07) is 8.31. The minimum absolute atomic E-state index is 0.0620. The van der Waals surface area contributed by atoms with Crippen molar-refractivity contribution in [1.29, 1.82) is 0 Å². The second kappa shape index (κ2) is 8.65. The number of amides is 1. The molecule has 3 rings (SSSR count). The number of rotatable bonds is 6. The number of hydrogen-bond acceptors (Lipinski definition) is 5. The Morgan fingerprint density at radius 2 is 2.15 bits per heavy atom. The summed E-state index contributed by atoms with van der Waals surface area (Å²) in [5, 5.41) is 0. The number of benzene rings is 1. The number of likely N-dealkylation sites (tertiary alicyclic amines) is 1. The molecule has 1 fully saturated rings. The van der Waals surface area contributed by atoms with Crippen molar-refractivity contribution in [1.82, 2.24) is 14.9 Å². The van der Waals surface area contributed by atoms with E-state index in [1.165, 1.54) is 17.3 Å². The SMILES string of the molecule is COc1cncc(OC2CCCN(C(=O)CCc3cccc(C)c3)C2)n1. The largest absolute Gasteiger partial charge is 0.480 e. The van der Waals surface area contributed by atoms with Crippen LogP contribution in [-0.4, -0.2) is 47.1 Å². The van der Waals surface area contributed by atoms with Gasteiger partial charge in [0.25, 0.3) is 0 Å². The van der Waals surface area contributed by atoms with Crippen molar-refractivity contribution < 1.29 is 14.3 Å². The number of methoxy groups -OCH3 is 1. The smallest absolute Gasteiger partial charge is 0.235 e. The Balaban J connectivity index is 1.53. The second-order valence-electron chi connectivity index (χ2n) is 6.61. The van der Waals surface area contributed by atoms with Crippen LogP contribution in [0.5, 0.6) is 11.8 Å². The van der Waals surface area contributed by atoms with Gasteiger partial charge in [-0.15, -0.1) is 0 Å². The molecule has 1 amide bonds. The first-order valence-corrected chi connectivity index (χ1v) is 9.00. The van der Waals surface area contributed by atoms with Crippen molar-refractivity contribution in [2.24, 2.45) is 0 Å². The molecule has 2 aromatic rings. The maximum Gasteiger partial charge on any atom is 0.235 e. The number of carbonyl (C=O) groups is 1. The van der Waals surface area contributed by atoms with Gasteiger partial charge in [-0.05, 0) is 31.7 Å². The van der Waals surface area contributed by atoms with Crippen LogP contribution < -0.4 is 9.47 Å². The van der Waals surface area contributed by atoms with Crippen LogP contribution >= 0.6 is 0 Å². The molecular formula is C20H25N3O3. The number of aromatic nitrogens is 2. The van der Waals surface area contributed by atoms with Crippen molar-refractivity contribution in [3.63, 3.8) is 0 Å². The standard InChI is InChI=1S/C20H25N3O3/c1-15-5-3-6-16(11-15)8-9-20(24)23-10-4-7-17(14-23)26-19-13-21-12-18(22-19)25-2/h3,5-6,11-13,17H,4,7-10,14H2,1-2H3. The fourth-order valence-electron chi connectivity index (χ4n) is 3.19. The molecule has 6 heteroatoms. The molecule has 138 valence electrons. The number of hydrogen-bond donors (Lipinski definition) is 0. The quantitative estimate of drug-likeness (QED) is 0.797. The summed E-state index contributed by atoms with van der Waals surface area (Å²) in [6.45, 7) is 3.45. The van der Waals surface area contributed by atoms with Gasteiger partial charge in [-0.1, -0.05) is 29.8 Å². The van der Waals surface area contributed by atoms with Crippen molar-refractivity contribution >= 4 is 5.91 Å². The first-order chi connectivity index (χ1) is 12.6. The van der Waals surface area contributed by atoms with E-state index in [4.69, 9.17) is 9.47 Å². The maximum absolute atomic E-state index is 12.6. The summed E-state index contributed by atoms with van der Waals surface area (Å²) in [7, 11) is 1.54. The number of aryl methyl sites for hydroxylation is 2. The van der Waals surface area contributed by atoms with E-state index in [0.29, 0.717) is 24.7 Å². The average Bonchev–Trinajstić information content (AvgIpc) is 2.66. The summed E-state index contributed by atoms with van der Waals surface area (Å²) in [5.41, 5.74) is 2.43. The third kappa shape index (κ3) is 4.94. The lowest BCUT2D eigenvalue weighted by Gasteiger charge is -2.32. The summed E-state index contributed by atoms with van der Waals surface area (Å²) in [6.07, 6.45) is 6.17. The molecule has 1 atom stereocenters. The topological polar surface area (TPSA) is 64.6 Å². The summed E-state index contributed by atoms with van der Waals surface area (Å²) in [4.78, 5) is 22.8. The Morgan fingerprint density at radius 3 is 2.96 bits per heavy atom. The van der Waals surface area contributed by atoms with Gasteiger partial charge in [-0.3, -0.25) is 9.78 Å². The van der Waals surface area contributed by atoms with Gasteiger partial charge in [-0.25, -0.2) is 0 Å². The lowest BCUT2D eigenvalue weighted by atomic mass is 10.0. The molecule has 1 aliphatic rings. The summed E-state index contributed by atoms with van der Waals surface area (Å²) < 4.78 is 11.0. The Bertz CT molecular complexity index is 751. The van der Waals surface area contributed by atoms with Gasteiger partial charge in [0.1, 0.15) is 6.10 Å². The van der Waals surface area contributed by atoms with Crippen LogP contribution in [-0.2, 0) is 11.2 Å². The minimum Gasteiger partial charge on any atom is -0.480 e. The Kier molecular flexibility index (Phi) is 6.04. The summed E-state index contributed by atoms with van der Waals surface area (Å²) in [5.74, 6) is 1.03. The molecule has 1 aromatic heterocycles. The Labute approximate surface area is 154 Å². The highest BCUT2D eigenvalue weighted by atomic mass is 16.5. The zero-order valence-electron chi connectivity index (χ0n) is 15.4. The van der Waals surface area contributed by atoms with E-state index in [1.54, 1.807) is 13.3 Å². The van der Waals surface area contributed by atoms with Crippen molar-refractivity contribution in [2.75, 3.05) is 20.2 Å². The predicted octanol–water partition coefficient (Wildman–Crippen LogP) is 2.80. The van der Waals surface area contributed by atoms with E-state index in [1.807, 2.05) is 11.0 Å². The average molecular weight is 355 g/mol. The highest BCUT2D eigenvalue weighted by Crippen LogP contribution is 2.19. The Morgan fingerprint density at radius 1 is 1.31 bits per heavy atom. The van der Waals surface area contributed by atoms with E-state index < -0.39 is 0 Å². The van der Waals surface area contributed by atoms with Gasteiger partial charge >= 0.3 is 0 Å². The second-order valence-corrected chi connectivity index (χ2v) is 6.61.